The Morgan fingerprint density at radius 1 is 1.00 bits per heavy atom. The first kappa shape index (κ1) is 14.7. The smallest absolute Gasteiger partial charge is 0.251 e. The molecule has 0 unspecified atom stereocenters. The predicted octanol–water partition coefficient (Wildman–Crippen LogP) is 2.42. The average Bonchev–Trinajstić information content (AvgIpc) is 2.47. The average molecular weight is 286 g/mol. The minimum absolute atomic E-state index is 0.256. The molecule has 0 fully saturated rings. The Bertz CT molecular complexity index is 651. The van der Waals surface area contributed by atoms with Crippen LogP contribution >= 0.6 is 0 Å². The number of rotatable bonds is 4. The quantitative estimate of drug-likeness (QED) is 0.906. The van der Waals surface area contributed by atoms with Gasteiger partial charge in [0.15, 0.2) is 0 Å². The Morgan fingerprint density at radius 3 is 2.05 bits per heavy atom. The van der Waals surface area contributed by atoms with E-state index in [0.29, 0.717) is 11.1 Å². The Labute approximate surface area is 121 Å². The van der Waals surface area contributed by atoms with Crippen molar-refractivity contribution in [1.29, 1.82) is 0 Å². The van der Waals surface area contributed by atoms with Gasteiger partial charge in [0, 0.05) is 11.1 Å². The van der Waals surface area contributed by atoms with Gasteiger partial charge in [-0.3, -0.25) is 9.59 Å². The van der Waals surface area contributed by atoms with Gasteiger partial charge in [-0.15, -0.1) is 0 Å². The van der Waals surface area contributed by atoms with Crippen LogP contribution in [0.15, 0.2) is 48.5 Å². The van der Waals surface area contributed by atoms with E-state index in [1.165, 1.54) is 36.4 Å². The van der Waals surface area contributed by atoms with Crippen LogP contribution in [0.4, 0.5) is 4.39 Å². The van der Waals surface area contributed by atoms with E-state index in [9.17, 15) is 14.0 Å². The maximum atomic E-state index is 12.9. The van der Waals surface area contributed by atoms with Crippen molar-refractivity contribution in [3.05, 3.63) is 71.0 Å². The Hall–Kier alpha value is -2.69. The van der Waals surface area contributed by atoms with E-state index in [-0.39, 0.29) is 17.8 Å². The molecule has 21 heavy (non-hydrogen) atoms. The molecule has 3 N–H and O–H groups in total. The molecule has 0 aromatic heterocycles. The summed E-state index contributed by atoms with van der Waals surface area (Å²) in [7, 11) is 0. The number of halogens is 1. The van der Waals surface area contributed by atoms with Crippen molar-refractivity contribution in [3.63, 3.8) is 0 Å². The monoisotopic (exact) mass is 286 g/mol. The predicted molar refractivity (Wildman–Crippen MR) is 77.2 cm³/mol. The number of amides is 2. The maximum Gasteiger partial charge on any atom is 0.251 e. The van der Waals surface area contributed by atoms with E-state index in [4.69, 9.17) is 5.73 Å². The van der Waals surface area contributed by atoms with Gasteiger partial charge in [-0.2, -0.15) is 0 Å². The first-order chi connectivity index (χ1) is 9.97. The van der Waals surface area contributed by atoms with Crippen LogP contribution in [-0.2, 0) is 0 Å². The topological polar surface area (TPSA) is 72.2 Å². The highest BCUT2D eigenvalue weighted by molar-refractivity contribution is 5.97. The lowest BCUT2D eigenvalue weighted by Gasteiger charge is -2.14. The van der Waals surface area contributed by atoms with E-state index in [2.05, 4.69) is 5.32 Å². The van der Waals surface area contributed by atoms with Crippen LogP contribution in [0, 0.1) is 5.82 Å². The molecule has 1 atom stereocenters. The van der Waals surface area contributed by atoms with Gasteiger partial charge in [-0.05, 0) is 48.9 Å². The van der Waals surface area contributed by atoms with E-state index in [0.717, 1.165) is 5.56 Å². The van der Waals surface area contributed by atoms with Crippen molar-refractivity contribution in [3.8, 4) is 0 Å². The molecule has 0 aliphatic rings. The molecule has 0 aliphatic heterocycles. The Balaban J connectivity index is 2.06. The number of nitrogens with one attached hydrogen (secondary N) is 1. The standard InChI is InChI=1S/C16H15FN2O2/c1-10(11-6-8-14(17)9-7-11)19-16(21)13-4-2-12(3-5-13)15(18)20/h2-10H,1H3,(H2,18,20)(H,19,21)/t10-/m0/s1. The molecule has 0 saturated heterocycles. The summed E-state index contributed by atoms with van der Waals surface area (Å²) in [6.45, 7) is 1.81. The van der Waals surface area contributed by atoms with Gasteiger partial charge in [0.2, 0.25) is 5.91 Å². The number of benzene rings is 2. The summed E-state index contributed by atoms with van der Waals surface area (Å²) in [6, 6.07) is 11.7. The lowest BCUT2D eigenvalue weighted by Crippen LogP contribution is -2.26. The number of hydrogen-bond acceptors (Lipinski definition) is 2. The van der Waals surface area contributed by atoms with Crippen LogP contribution in [-0.4, -0.2) is 11.8 Å². The Kier molecular flexibility index (Phi) is 4.33. The molecule has 4 nitrogen and oxygen atoms in total. The summed E-state index contributed by atoms with van der Waals surface area (Å²) >= 11 is 0. The van der Waals surface area contributed by atoms with E-state index in [1.54, 1.807) is 12.1 Å². The van der Waals surface area contributed by atoms with E-state index >= 15 is 0 Å². The lowest BCUT2D eigenvalue weighted by molar-refractivity contribution is 0.0937. The molecule has 2 aromatic rings. The highest BCUT2D eigenvalue weighted by atomic mass is 19.1. The third kappa shape index (κ3) is 3.66. The summed E-state index contributed by atoms with van der Waals surface area (Å²) in [5.41, 5.74) is 6.71. The molecular formula is C16H15FN2O2. The van der Waals surface area contributed by atoms with Gasteiger partial charge in [0.05, 0.1) is 6.04 Å². The van der Waals surface area contributed by atoms with Crippen LogP contribution in [0.2, 0.25) is 0 Å². The third-order valence-corrected chi connectivity index (χ3v) is 3.15. The van der Waals surface area contributed by atoms with Crippen molar-refractivity contribution < 1.29 is 14.0 Å². The van der Waals surface area contributed by atoms with Gasteiger partial charge in [-0.1, -0.05) is 12.1 Å². The molecule has 5 heteroatoms. The molecule has 0 heterocycles. The molecule has 108 valence electrons. The first-order valence-electron chi connectivity index (χ1n) is 6.43. The highest BCUT2D eigenvalue weighted by Crippen LogP contribution is 2.14. The number of carbonyl (C=O) groups excluding carboxylic acids is 2. The van der Waals surface area contributed by atoms with Gasteiger partial charge in [0.1, 0.15) is 5.82 Å². The molecular weight excluding hydrogens is 271 g/mol. The molecule has 0 bridgehead atoms. The fraction of sp³-hybridized carbons (Fsp3) is 0.125. The summed E-state index contributed by atoms with van der Waals surface area (Å²) in [6.07, 6.45) is 0. The van der Waals surface area contributed by atoms with Crippen molar-refractivity contribution in [2.24, 2.45) is 5.73 Å². The van der Waals surface area contributed by atoms with Crippen LogP contribution in [0.3, 0.4) is 0 Å². The fourth-order valence-electron chi connectivity index (χ4n) is 1.90. The molecule has 0 aliphatic carbocycles. The van der Waals surface area contributed by atoms with Crippen molar-refractivity contribution in [2.75, 3.05) is 0 Å². The maximum absolute atomic E-state index is 12.9. The molecule has 2 amide bonds. The van der Waals surface area contributed by atoms with Gasteiger partial charge in [0.25, 0.3) is 5.91 Å². The zero-order valence-electron chi connectivity index (χ0n) is 11.5. The van der Waals surface area contributed by atoms with E-state index in [1.807, 2.05) is 6.92 Å². The second-order valence-corrected chi connectivity index (χ2v) is 4.69. The van der Waals surface area contributed by atoms with Crippen LogP contribution in [0.25, 0.3) is 0 Å². The Morgan fingerprint density at radius 2 is 1.52 bits per heavy atom. The summed E-state index contributed by atoms with van der Waals surface area (Å²) in [5.74, 6) is -1.14. The highest BCUT2D eigenvalue weighted by Gasteiger charge is 2.12. The summed E-state index contributed by atoms with van der Waals surface area (Å²) < 4.78 is 12.9. The van der Waals surface area contributed by atoms with Gasteiger partial charge in [-0.25, -0.2) is 4.39 Å². The van der Waals surface area contributed by atoms with E-state index < -0.39 is 5.91 Å². The molecule has 2 aromatic carbocycles. The minimum Gasteiger partial charge on any atom is -0.366 e. The zero-order chi connectivity index (χ0) is 15.4. The van der Waals surface area contributed by atoms with Crippen LogP contribution in [0.1, 0.15) is 39.2 Å². The molecule has 0 spiro atoms. The zero-order valence-corrected chi connectivity index (χ0v) is 11.5. The number of nitrogens with two attached hydrogens (primary N) is 1. The van der Waals surface area contributed by atoms with Gasteiger partial charge < -0.3 is 11.1 Å². The fourth-order valence-corrected chi connectivity index (χ4v) is 1.90. The summed E-state index contributed by atoms with van der Waals surface area (Å²) in [5, 5.41) is 2.80. The lowest BCUT2D eigenvalue weighted by atomic mass is 10.1. The second kappa shape index (κ2) is 6.17. The second-order valence-electron chi connectivity index (χ2n) is 4.69. The van der Waals surface area contributed by atoms with Crippen molar-refractivity contribution >= 4 is 11.8 Å². The molecule has 0 radical (unpaired) electrons. The summed E-state index contributed by atoms with van der Waals surface area (Å²) in [4.78, 5) is 23.0. The number of primary amides is 1. The third-order valence-electron chi connectivity index (χ3n) is 3.15. The molecule has 2 rings (SSSR count). The van der Waals surface area contributed by atoms with Crippen LogP contribution in [0.5, 0.6) is 0 Å². The number of carbonyl (C=O) groups is 2. The minimum atomic E-state index is -0.540. The normalized spacial score (nSPS) is 11.7. The largest absolute Gasteiger partial charge is 0.366 e. The van der Waals surface area contributed by atoms with Crippen molar-refractivity contribution in [1.82, 2.24) is 5.32 Å². The van der Waals surface area contributed by atoms with Crippen molar-refractivity contribution in [2.45, 2.75) is 13.0 Å². The number of hydrogen-bond donors (Lipinski definition) is 2. The molecule has 0 saturated carbocycles. The van der Waals surface area contributed by atoms with Crippen LogP contribution < -0.4 is 11.1 Å². The first-order valence-corrected chi connectivity index (χ1v) is 6.43. The van der Waals surface area contributed by atoms with Gasteiger partial charge >= 0.3 is 0 Å². The SMILES string of the molecule is C[C@H](NC(=O)c1ccc(C(N)=O)cc1)c1ccc(F)cc1.